The highest BCUT2D eigenvalue weighted by Gasteiger charge is 2.39. The Morgan fingerprint density at radius 3 is 2.85 bits per heavy atom. The number of ether oxygens (including phenoxy) is 1. The molecule has 0 unspecified atom stereocenters. The maximum atomic E-state index is 13.3. The zero-order valence-corrected chi connectivity index (χ0v) is 19.1. The molecule has 0 saturated heterocycles. The summed E-state index contributed by atoms with van der Waals surface area (Å²) in [5, 5.41) is 13.0. The van der Waals surface area contributed by atoms with Gasteiger partial charge in [-0.05, 0) is 37.8 Å². The van der Waals surface area contributed by atoms with Crippen molar-refractivity contribution in [2.24, 2.45) is 0 Å². The molecule has 0 spiro atoms. The van der Waals surface area contributed by atoms with Crippen LogP contribution in [0.4, 0.5) is 21.7 Å². The fourth-order valence-electron chi connectivity index (χ4n) is 4.54. The summed E-state index contributed by atoms with van der Waals surface area (Å²) in [5.41, 5.74) is 0.766. The molecule has 2 fully saturated rings. The van der Waals surface area contributed by atoms with Gasteiger partial charge in [-0.15, -0.1) is 0 Å². The number of fused-ring (bicyclic) bond motifs is 1. The number of nitrogens with one attached hydrogen (secondary N) is 3. The highest BCUT2D eigenvalue weighted by atomic mass is 19.1. The number of anilines is 3. The number of amides is 1. The van der Waals surface area contributed by atoms with E-state index in [1.807, 2.05) is 6.07 Å². The summed E-state index contributed by atoms with van der Waals surface area (Å²) in [7, 11) is 3.43. The molecule has 2 saturated carbocycles. The first-order chi connectivity index (χ1) is 16.5. The first-order valence-corrected chi connectivity index (χ1v) is 11.5. The Bertz CT molecular complexity index is 1270. The van der Waals surface area contributed by atoms with Crippen LogP contribution in [0.15, 0.2) is 35.4 Å². The van der Waals surface area contributed by atoms with Gasteiger partial charge in [0.05, 0.1) is 18.3 Å². The molecule has 0 bridgehead atoms. The van der Waals surface area contributed by atoms with Gasteiger partial charge in [-0.1, -0.05) is 0 Å². The lowest BCUT2D eigenvalue weighted by Gasteiger charge is -2.29. The molecular formula is C23H28FN7O3. The van der Waals surface area contributed by atoms with Crippen LogP contribution in [0.25, 0.3) is 5.65 Å². The van der Waals surface area contributed by atoms with E-state index in [0.29, 0.717) is 29.4 Å². The van der Waals surface area contributed by atoms with Gasteiger partial charge in [0.2, 0.25) is 0 Å². The topological polar surface area (TPSA) is 115 Å². The van der Waals surface area contributed by atoms with E-state index in [2.05, 4.69) is 26.0 Å². The Morgan fingerprint density at radius 2 is 2.12 bits per heavy atom. The molecule has 2 aliphatic rings. The molecule has 0 aromatic carbocycles. The van der Waals surface area contributed by atoms with Crippen LogP contribution in [0.3, 0.4) is 0 Å². The number of carbonyl (C=O) groups excluding carboxylic acids is 1. The molecule has 3 aromatic rings. The first kappa shape index (κ1) is 22.3. The Hall–Kier alpha value is -3.47. The summed E-state index contributed by atoms with van der Waals surface area (Å²) in [4.78, 5) is 30.4. The molecule has 0 aliphatic heterocycles. The van der Waals surface area contributed by atoms with Crippen LogP contribution >= 0.6 is 0 Å². The normalized spacial score (nSPS) is 24.1. The largest absolute Gasteiger partial charge is 0.381 e. The number of halogens is 1. The van der Waals surface area contributed by atoms with Crippen molar-refractivity contribution in [3.05, 3.63) is 46.5 Å². The lowest BCUT2D eigenvalue weighted by atomic mass is 9.92. The molecule has 34 heavy (non-hydrogen) atoms. The number of methoxy groups -OCH3 is 1. The van der Waals surface area contributed by atoms with Crippen LogP contribution in [0.1, 0.15) is 48.5 Å². The predicted molar refractivity (Wildman–Crippen MR) is 126 cm³/mol. The lowest BCUT2D eigenvalue weighted by Crippen LogP contribution is -2.31. The van der Waals surface area contributed by atoms with Gasteiger partial charge in [0, 0.05) is 38.9 Å². The van der Waals surface area contributed by atoms with Gasteiger partial charge in [0.15, 0.2) is 5.65 Å². The van der Waals surface area contributed by atoms with Gasteiger partial charge in [-0.25, -0.2) is 9.37 Å². The Labute approximate surface area is 195 Å². The number of hydrogen-bond donors (Lipinski definition) is 3. The third kappa shape index (κ3) is 4.23. The standard InChI is InChI=1S/C23H28FN7O3/c1-25-20-11-19(29-21-15(12-26-31(20)21)22(32)28-18-10-16(18)24)27-17-7-4-8-30(23(17)33)13-5-3-6-14(9-13)34-2/h4,7-8,11-14,16,18,25H,3,5-6,9-10H2,1-2H3,(H,27,29)(H,28,32)/t13-,14-,16+,18-/m1/s1. The predicted octanol–water partition coefficient (Wildman–Crippen LogP) is 2.65. The van der Waals surface area contributed by atoms with E-state index in [0.717, 1.165) is 25.7 Å². The van der Waals surface area contributed by atoms with Crippen molar-refractivity contribution in [1.29, 1.82) is 0 Å². The summed E-state index contributed by atoms with van der Waals surface area (Å²) in [5.74, 6) is 0.529. The van der Waals surface area contributed by atoms with Gasteiger partial charge < -0.3 is 25.3 Å². The summed E-state index contributed by atoms with van der Waals surface area (Å²) < 4.78 is 22.0. The second-order valence-corrected chi connectivity index (χ2v) is 8.84. The molecule has 3 heterocycles. The summed E-state index contributed by atoms with van der Waals surface area (Å²) in [6.45, 7) is 0. The van der Waals surface area contributed by atoms with E-state index in [9.17, 15) is 14.0 Å². The molecule has 0 radical (unpaired) electrons. The molecule has 4 atom stereocenters. The number of aromatic nitrogens is 4. The zero-order chi connectivity index (χ0) is 23.8. The third-order valence-corrected chi connectivity index (χ3v) is 6.56. The Kier molecular flexibility index (Phi) is 5.94. The second kappa shape index (κ2) is 9.05. The molecule has 3 N–H and O–H groups in total. The minimum Gasteiger partial charge on any atom is -0.381 e. The number of pyridine rings is 1. The Morgan fingerprint density at radius 1 is 1.29 bits per heavy atom. The van der Waals surface area contributed by atoms with Crippen molar-refractivity contribution >= 4 is 28.9 Å². The Balaban J connectivity index is 1.45. The quantitative estimate of drug-likeness (QED) is 0.487. The molecule has 11 heteroatoms. The van der Waals surface area contributed by atoms with E-state index in [4.69, 9.17) is 4.74 Å². The van der Waals surface area contributed by atoms with Gasteiger partial charge in [0.1, 0.15) is 29.1 Å². The van der Waals surface area contributed by atoms with E-state index in [1.165, 1.54) is 10.7 Å². The number of hydrogen-bond acceptors (Lipinski definition) is 7. The molecule has 2 aliphatic carbocycles. The van der Waals surface area contributed by atoms with E-state index in [1.54, 1.807) is 37.1 Å². The highest BCUT2D eigenvalue weighted by molar-refractivity contribution is 6.00. The van der Waals surface area contributed by atoms with Crippen LogP contribution in [0.2, 0.25) is 0 Å². The van der Waals surface area contributed by atoms with Crippen LogP contribution in [0.5, 0.6) is 0 Å². The molecular weight excluding hydrogens is 441 g/mol. The molecule has 10 nitrogen and oxygen atoms in total. The number of carbonyl (C=O) groups is 1. The minimum absolute atomic E-state index is 0.0724. The molecule has 180 valence electrons. The van der Waals surface area contributed by atoms with E-state index >= 15 is 0 Å². The van der Waals surface area contributed by atoms with Crippen molar-refractivity contribution in [3.63, 3.8) is 0 Å². The maximum Gasteiger partial charge on any atom is 0.274 e. The second-order valence-electron chi connectivity index (χ2n) is 8.84. The van der Waals surface area contributed by atoms with E-state index in [-0.39, 0.29) is 23.3 Å². The van der Waals surface area contributed by atoms with E-state index < -0.39 is 18.1 Å². The molecule has 5 rings (SSSR count). The third-order valence-electron chi connectivity index (χ3n) is 6.56. The number of alkyl halides is 1. The monoisotopic (exact) mass is 469 g/mol. The summed E-state index contributed by atoms with van der Waals surface area (Å²) >= 11 is 0. The summed E-state index contributed by atoms with van der Waals surface area (Å²) in [6.07, 6.45) is 6.41. The maximum absolute atomic E-state index is 13.3. The van der Waals surface area contributed by atoms with Crippen molar-refractivity contribution in [3.8, 4) is 0 Å². The number of nitrogens with zero attached hydrogens (tertiary/aromatic N) is 4. The smallest absolute Gasteiger partial charge is 0.274 e. The zero-order valence-electron chi connectivity index (χ0n) is 19.1. The van der Waals surface area contributed by atoms with Crippen molar-refractivity contribution in [2.45, 2.75) is 56.5 Å². The first-order valence-electron chi connectivity index (χ1n) is 11.5. The van der Waals surface area contributed by atoms with Crippen LogP contribution in [0, 0.1) is 0 Å². The average Bonchev–Trinajstić information content (AvgIpc) is 3.36. The van der Waals surface area contributed by atoms with Crippen LogP contribution in [-0.2, 0) is 4.74 Å². The SMILES string of the molecule is CNc1cc(Nc2cccn([C@@H]3CCC[C@@H](OC)C3)c2=O)nc2c(C(=O)N[C@@H]3C[C@@H]3F)cnn12. The van der Waals surface area contributed by atoms with Crippen molar-refractivity contribution in [2.75, 3.05) is 24.8 Å². The highest BCUT2D eigenvalue weighted by Crippen LogP contribution is 2.30. The van der Waals surface area contributed by atoms with Crippen molar-refractivity contribution in [1.82, 2.24) is 24.5 Å². The average molecular weight is 470 g/mol. The van der Waals surface area contributed by atoms with Gasteiger partial charge >= 0.3 is 0 Å². The van der Waals surface area contributed by atoms with Gasteiger partial charge in [-0.2, -0.15) is 9.61 Å². The fraction of sp³-hybridized carbons (Fsp3) is 0.478. The summed E-state index contributed by atoms with van der Waals surface area (Å²) in [6, 6.07) is 4.85. The molecule has 1 amide bonds. The lowest BCUT2D eigenvalue weighted by molar-refractivity contribution is 0.0525. The van der Waals surface area contributed by atoms with Gasteiger partial charge in [-0.3, -0.25) is 9.59 Å². The van der Waals surface area contributed by atoms with Crippen molar-refractivity contribution < 1.29 is 13.9 Å². The fourth-order valence-corrected chi connectivity index (χ4v) is 4.54. The van der Waals surface area contributed by atoms with Crippen LogP contribution < -0.4 is 21.5 Å². The minimum atomic E-state index is -1.01. The van der Waals surface area contributed by atoms with Gasteiger partial charge in [0.25, 0.3) is 11.5 Å². The van der Waals surface area contributed by atoms with Crippen LogP contribution in [-0.4, -0.2) is 57.5 Å². The number of rotatable bonds is 7. The molecule has 3 aromatic heterocycles.